The van der Waals surface area contributed by atoms with Gasteiger partial charge in [-0.1, -0.05) is 23.7 Å². The SMILES string of the molecule is CNCc1cccc(Cl)c1OCCO. The Morgan fingerprint density at radius 2 is 2.29 bits per heavy atom. The smallest absolute Gasteiger partial charge is 0.142 e. The highest BCUT2D eigenvalue weighted by Gasteiger charge is 2.06. The third-order valence-corrected chi connectivity index (χ3v) is 2.05. The average Bonchev–Trinajstić information content (AvgIpc) is 2.18. The molecule has 0 radical (unpaired) electrons. The second-order valence-corrected chi connectivity index (χ2v) is 3.24. The standard InChI is InChI=1S/C10H14ClNO2/c1-12-7-8-3-2-4-9(11)10(8)14-6-5-13/h2-4,12-13H,5-7H2,1H3. The van der Waals surface area contributed by atoms with Crippen molar-refractivity contribution in [2.75, 3.05) is 20.3 Å². The highest BCUT2D eigenvalue weighted by Crippen LogP contribution is 2.28. The first kappa shape index (κ1) is 11.3. The van der Waals surface area contributed by atoms with Gasteiger partial charge in [0.15, 0.2) is 0 Å². The van der Waals surface area contributed by atoms with Gasteiger partial charge in [0.25, 0.3) is 0 Å². The zero-order chi connectivity index (χ0) is 10.4. The summed E-state index contributed by atoms with van der Waals surface area (Å²) in [6.07, 6.45) is 0. The van der Waals surface area contributed by atoms with Crippen LogP contribution in [0.25, 0.3) is 0 Å². The van der Waals surface area contributed by atoms with E-state index in [0.29, 0.717) is 17.3 Å². The Balaban J connectivity index is 2.84. The lowest BCUT2D eigenvalue weighted by Crippen LogP contribution is -2.09. The number of halogens is 1. The topological polar surface area (TPSA) is 41.5 Å². The molecular formula is C10H14ClNO2. The summed E-state index contributed by atoms with van der Waals surface area (Å²) in [6, 6.07) is 5.59. The largest absolute Gasteiger partial charge is 0.489 e. The number of aliphatic hydroxyl groups excluding tert-OH is 1. The van der Waals surface area contributed by atoms with Gasteiger partial charge >= 0.3 is 0 Å². The maximum atomic E-state index is 8.66. The fraction of sp³-hybridized carbons (Fsp3) is 0.400. The molecule has 0 aliphatic rings. The molecule has 3 nitrogen and oxygen atoms in total. The van der Waals surface area contributed by atoms with E-state index in [9.17, 15) is 0 Å². The summed E-state index contributed by atoms with van der Waals surface area (Å²) in [4.78, 5) is 0. The zero-order valence-electron chi connectivity index (χ0n) is 8.09. The Kier molecular flexibility index (Phi) is 4.73. The highest BCUT2D eigenvalue weighted by atomic mass is 35.5. The Morgan fingerprint density at radius 3 is 2.93 bits per heavy atom. The molecule has 0 saturated heterocycles. The van der Waals surface area contributed by atoms with Gasteiger partial charge in [-0.15, -0.1) is 0 Å². The van der Waals surface area contributed by atoms with Crippen LogP contribution in [-0.2, 0) is 6.54 Å². The van der Waals surface area contributed by atoms with Gasteiger partial charge < -0.3 is 15.2 Å². The number of nitrogens with one attached hydrogen (secondary N) is 1. The molecule has 0 aliphatic carbocycles. The lowest BCUT2D eigenvalue weighted by Gasteiger charge is -2.11. The number of hydrogen-bond donors (Lipinski definition) is 2. The molecule has 1 aromatic carbocycles. The summed E-state index contributed by atoms with van der Waals surface area (Å²) in [5.74, 6) is 0.651. The second-order valence-electron chi connectivity index (χ2n) is 2.83. The summed E-state index contributed by atoms with van der Waals surface area (Å²) in [5.41, 5.74) is 0.994. The molecule has 0 amide bonds. The van der Waals surface area contributed by atoms with Crippen LogP contribution >= 0.6 is 11.6 Å². The van der Waals surface area contributed by atoms with Gasteiger partial charge in [-0.25, -0.2) is 0 Å². The molecule has 0 fully saturated rings. The van der Waals surface area contributed by atoms with Crippen molar-refractivity contribution in [2.45, 2.75) is 6.54 Å². The van der Waals surface area contributed by atoms with Crippen molar-refractivity contribution in [3.05, 3.63) is 28.8 Å². The highest BCUT2D eigenvalue weighted by molar-refractivity contribution is 6.32. The van der Waals surface area contributed by atoms with Crippen molar-refractivity contribution in [3.8, 4) is 5.75 Å². The number of hydrogen-bond acceptors (Lipinski definition) is 3. The predicted octanol–water partition coefficient (Wildman–Crippen LogP) is 1.43. The van der Waals surface area contributed by atoms with Crippen LogP contribution in [-0.4, -0.2) is 25.4 Å². The van der Waals surface area contributed by atoms with Crippen molar-refractivity contribution < 1.29 is 9.84 Å². The molecular weight excluding hydrogens is 202 g/mol. The molecule has 0 heterocycles. The van der Waals surface area contributed by atoms with Crippen LogP contribution in [0.5, 0.6) is 5.75 Å². The first-order valence-electron chi connectivity index (χ1n) is 4.45. The molecule has 4 heteroatoms. The molecule has 0 saturated carbocycles. The van der Waals surface area contributed by atoms with Crippen molar-refractivity contribution in [3.63, 3.8) is 0 Å². The lowest BCUT2D eigenvalue weighted by molar-refractivity contribution is 0.200. The number of para-hydroxylation sites is 1. The predicted molar refractivity (Wildman–Crippen MR) is 56.8 cm³/mol. The summed E-state index contributed by atoms with van der Waals surface area (Å²) < 4.78 is 5.35. The van der Waals surface area contributed by atoms with Gasteiger partial charge in [-0.2, -0.15) is 0 Å². The van der Waals surface area contributed by atoms with E-state index in [1.807, 2.05) is 19.2 Å². The van der Waals surface area contributed by atoms with E-state index >= 15 is 0 Å². The van der Waals surface area contributed by atoms with Crippen LogP contribution in [0.3, 0.4) is 0 Å². The molecule has 2 N–H and O–H groups in total. The van der Waals surface area contributed by atoms with Crippen LogP contribution in [0.1, 0.15) is 5.56 Å². The van der Waals surface area contributed by atoms with E-state index in [1.54, 1.807) is 6.07 Å². The van der Waals surface area contributed by atoms with Crippen LogP contribution in [0.2, 0.25) is 5.02 Å². The second kappa shape index (κ2) is 5.86. The summed E-state index contributed by atoms with van der Waals surface area (Å²) in [6.45, 7) is 0.950. The Morgan fingerprint density at radius 1 is 1.50 bits per heavy atom. The van der Waals surface area contributed by atoms with Crippen LogP contribution in [0.4, 0.5) is 0 Å². The number of rotatable bonds is 5. The third-order valence-electron chi connectivity index (χ3n) is 1.75. The average molecular weight is 216 g/mol. The van der Waals surface area contributed by atoms with Crippen LogP contribution in [0.15, 0.2) is 18.2 Å². The first-order chi connectivity index (χ1) is 6.79. The van der Waals surface area contributed by atoms with E-state index in [0.717, 1.165) is 5.56 Å². The molecule has 1 aromatic rings. The van der Waals surface area contributed by atoms with Crippen molar-refractivity contribution in [2.24, 2.45) is 0 Å². The molecule has 0 bridgehead atoms. The van der Waals surface area contributed by atoms with Gasteiger partial charge in [-0.3, -0.25) is 0 Å². The van der Waals surface area contributed by atoms with Crippen molar-refractivity contribution in [1.82, 2.24) is 5.32 Å². The van der Waals surface area contributed by atoms with Crippen LogP contribution < -0.4 is 10.1 Å². The minimum atomic E-state index is -0.00971. The molecule has 0 spiro atoms. The van der Waals surface area contributed by atoms with E-state index in [1.165, 1.54) is 0 Å². The fourth-order valence-electron chi connectivity index (χ4n) is 1.19. The van der Waals surface area contributed by atoms with Gasteiger partial charge in [-0.05, 0) is 13.1 Å². The molecule has 0 atom stereocenters. The maximum absolute atomic E-state index is 8.66. The van der Waals surface area contributed by atoms with Crippen molar-refractivity contribution in [1.29, 1.82) is 0 Å². The van der Waals surface area contributed by atoms with Crippen LogP contribution in [0, 0.1) is 0 Å². The lowest BCUT2D eigenvalue weighted by atomic mass is 10.2. The molecule has 0 aliphatic heterocycles. The van der Waals surface area contributed by atoms with Gasteiger partial charge in [0.2, 0.25) is 0 Å². The van der Waals surface area contributed by atoms with E-state index in [2.05, 4.69) is 5.32 Å². The van der Waals surface area contributed by atoms with Gasteiger partial charge in [0.1, 0.15) is 12.4 Å². The fourth-order valence-corrected chi connectivity index (χ4v) is 1.44. The minimum Gasteiger partial charge on any atom is -0.489 e. The summed E-state index contributed by atoms with van der Waals surface area (Å²) in [5, 5.41) is 12.3. The molecule has 1 rings (SSSR count). The molecule has 14 heavy (non-hydrogen) atoms. The zero-order valence-corrected chi connectivity index (χ0v) is 8.84. The Hall–Kier alpha value is -0.770. The van der Waals surface area contributed by atoms with Gasteiger partial charge in [0.05, 0.1) is 11.6 Å². The van der Waals surface area contributed by atoms with Crippen molar-refractivity contribution >= 4 is 11.6 Å². The number of aliphatic hydroxyl groups is 1. The Bertz CT molecular complexity index is 291. The monoisotopic (exact) mass is 215 g/mol. The van der Waals surface area contributed by atoms with E-state index < -0.39 is 0 Å². The third kappa shape index (κ3) is 2.87. The molecule has 0 aromatic heterocycles. The quantitative estimate of drug-likeness (QED) is 0.781. The number of benzene rings is 1. The summed E-state index contributed by atoms with van der Waals surface area (Å²) >= 11 is 5.97. The molecule has 78 valence electrons. The maximum Gasteiger partial charge on any atom is 0.142 e. The minimum absolute atomic E-state index is 0.00971. The van der Waals surface area contributed by atoms with E-state index in [4.69, 9.17) is 21.4 Å². The Labute approximate surface area is 88.7 Å². The van der Waals surface area contributed by atoms with E-state index in [-0.39, 0.29) is 13.2 Å². The van der Waals surface area contributed by atoms with Gasteiger partial charge in [0, 0.05) is 12.1 Å². The summed E-state index contributed by atoms with van der Waals surface area (Å²) in [7, 11) is 1.86. The number of ether oxygens (including phenoxy) is 1. The normalized spacial score (nSPS) is 10.2. The first-order valence-corrected chi connectivity index (χ1v) is 4.83. The molecule has 0 unspecified atom stereocenters.